The van der Waals surface area contributed by atoms with Gasteiger partial charge in [-0.3, -0.25) is 19.3 Å². The molecule has 2 unspecified atom stereocenters. The topological polar surface area (TPSA) is 99.3 Å². The van der Waals surface area contributed by atoms with E-state index in [1.54, 1.807) is 34.1 Å². The average molecular weight is 559 g/mol. The highest BCUT2D eigenvalue weighted by molar-refractivity contribution is 6.04. The Morgan fingerprint density at radius 1 is 0.878 bits per heavy atom. The fourth-order valence-corrected chi connectivity index (χ4v) is 5.07. The molecule has 0 bridgehead atoms. The third-order valence-electron chi connectivity index (χ3n) is 7.45. The molecule has 3 aromatic carbocycles. The molecule has 9 nitrogen and oxygen atoms in total. The zero-order valence-electron chi connectivity index (χ0n) is 22.9. The Labute approximate surface area is 237 Å². The smallest absolute Gasteiger partial charge is 0.411 e. The number of amides is 4. The Morgan fingerprint density at radius 3 is 2.10 bits per heavy atom. The van der Waals surface area contributed by atoms with Crippen LogP contribution in [0.15, 0.2) is 72.8 Å². The van der Waals surface area contributed by atoms with Crippen LogP contribution < -0.4 is 5.32 Å². The van der Waals surface area contributed by atoms with E-state index in [0.717, 1.165) is 11.1 Å². The van der Waals surface area contributed by atoms with Gasteiger partial charge in [-0.2, -0.15) is 0 Å². The second-order valence-corrected chi connectivity index (χ2v) is 10.3. The van der Waals surface area contributed by atoms with E-state index in [4.69, 9.17) is 4.74 Å². The van der Waals surface area contributed by atoms with Gasteiger partial charge in [0.2, 0.25) is 11.8 Å². The summed E-state index contributed by atoms with van der Waals surface area (Å²) in [5, 5.41) is 2.76. The molecule has 2 heterocycles. The van der Waals surface area contributed by atoms with Crippen molar-refractivity contribution in [2.75, 3.05) is 31.5 Å². The van der Waals surface area contributed by atoms with Crippen molar-refractivity contribution in [3.63, 3.8) is 0 Å². The largest absolute Gasteiger partial charge is 0.438 e. The standard InChI is InChI=1S/C31H31FN4O5/c1-20-3-5-22(6-4-20)19-36-27(30(39)35-17-15-34(16-18-35)21(2)37)28(41-31(36)40)23-9-13-26(14-10-23)33-29(38)24-7-11-25(32)12-8-24/h3-14,27-28H,15-19H2,1-2H3,(H,33,38). The molecular weight excluding hydrogens is 527 g/mol. The van der Waals surface area contributed by atoms with Crippen LogP contribution in [0.3, 0.4) is 0 Å². The van der Waals surface area contributed by atoms with Crippen LogP contribution in [0.2, 0.25) is 0 Å². The van der Waals surface area contributed by atoms with Gasteiger partial charge < -0.3 is 19.9 Å². The van der Waals surface area contributed by atoms with Crippen LogP contribution in [0.25, 0.3) is 0 Å². The Balaban J connectivity index is 1.37. The van der Waals surface area contributed by atoms with Crippen molar-refractivity contribution in [3.05, 3.63) is 101 Å². The summed E-state index contributed by atoms with van der Waals surface area (Å²) < 4.78 is 19.0. The van der Waals surface area contributed by atoms with Crippen LogP contribution in [-0.4, -0.2) is 70.7 Å². The Hall–Kier alpha value is -4.73. The third kappa shape index (κ3) is 6.21. The molecule has 4 amide bonds. The number of hydrogen-bond donors (Lipinski definition) is 1. The summed E-state index contributed by atoms with van der Waals surface area (Å²) in [5.41, 5.74) is 3.35. The summed E-state index contributed by atoms with van der Waals surface area (Å²) in [6, 6.07) is 18.8. The SMILES string of the molecule is CC(=O)N1CCN(C(=O)C2C(c3ccc(NC(=O)c4ccc(F)cc4)cc3)OC(=O)N2Cc2ccc(C)cc2)CC1. The molecule has 2 aliphatic heterocycles. The third-order valence-corrected chi connectivity index (χ3v) is 7.45. The molecule has 10 heteroatoms. The van der Waals surface area contributed by atoms with E-state index in [1.807, 2.05) is 31.2 Å². The van der Waals surface area contributed by atoms with Crippen LogP contribution in [-0.2, 0) is 20.9 Å². The maximum absolute atomic E-state index is 13.9. The van der Waals surface area contributed by atoms with Crippen molar-refractivity contribution < 1.29 is 28.3 Å². The van der Waals surface area contributed by atoms with Gasteiger partial charge >= 0.3 is 6.09 Å². The molecule has 0 aliphatic carbocycles. The number of anilines is 1. The summed E-state index contributed by atoms with van der Waals surface area (Å²) in [7, 11) is 0. The molecule has 0 radical (unpaired) electrons. The number of ether oxygens (including phenoxy) is 1. The number of piperazine rings is 1. The molecule has 0 aromatic heterocycles. The average Bonchev–Trinajstić information content (AvgIpc) is 3.30. The molecule has 2 saturated heterocycles. The fraction of sp³-hybridized carbons (Fsp3) is 0.290. The lowest BCUT2D eigenvalue weighted by Gasteiger charge is -2.37. The number of hydrogen-bond acceptors (Lipinski definition) is 5. The van der Waals surface area contributed by atoms with Crippen LogP contribution in [0.4, 0.5) is 14.9 Å². The van der Waals surface area contributed by atoms with Gasteiger partial charge in [0.25, 0.3) is 5.91 Å². The highest BCUT2D eigenvalue weighted by Gasteiger charge is 2.48. The Morgan fingerprint density at radius 2 is 1.49 bits per heavy atom. The van der Waals surface area contributed by atoms with E-state index in [0.29, 0.717) is 43.0 Å². The highest BCUT2D eigenvalue weighted by atomic mass is 19.1. The maximum atomic E-state index is 13.9. The normalized spacial score (nSPS) is 18.7. The lowest BCUT2D eigenvalue weighted by Crippen LogP contribution is -2.55. The minimum atomic E-state index is -0.910. The van der Waals surface area contributed by atoms with E-state index >= 15 is 0 Å². The molecule has 2 aliphatic rings. The second-order valence-electron chi connectivity index (χ2n) is 10.3. The first-order chi connectivity index (χ1) is 19.7. The van der Waals surface area contributed by atoms with Crippen LogP contribution in [0.5, 0.6) is 0 Å². The first kappa shape index (κ1) is 27.8. The van der Waals surface area contributed by atoms with E-state index < -0.39 is 30.0 Å². The maximum Gasteiger partial charge on any atom is 0.411 e. The predicted octanol–water partition coefficient (Wildman–Crippen LogP) is 4.14. The molecular formula is C31H31FN4O5. The summed E-state index contributed by atoms with van der Waals surface area (Å²) in [4.78, 5) is 56.2. The van der Waals surface area contributed by atoms with E-state index in [1.165, 1.54) is 36.1 Å². The molecule has 212 valence electrons. The van der Waals surface area contributed by atoms with Crippen LogP contribution >= 0.6 is 0 Å². The van der Waals surface area contributed by atoms with E-state index in [9.17, 15) is 23.6 Å². The van der Waals surface area contributed by atoms with Crippen molar-refractivity contribution in [2.24, 2.45) is 0 Å². The molecule has 41 heavy (non-hydrogen) atoms. The van der Waals surface area contributed by atoms with Crippen molar-refractivity contribution in [3.8, 4) is 0 Å². The van der Waals surface area contributed by atoms with Crippen molar-refractivity contribution in [1.82, 2.24) is 14.7 Å². The second kappa shape index (κ2) is 11.8. The number of halogens is 1. The molecule has 5 rings (SSSR count). The number of aryl methyl sites for hydroxylation is 1. The lowest BCUT2D eigenvalue weighted by atomic mass is 9.99. The van der Waals surface area contributed by atoms with E-state index in [-0.39, 0.29) is 18.4 Å². The molecule has 1 N–H and O–H groups in total. The van der Waals surface area contributed by atoms with E-state index in [2.05, 4.69) is 5.32 Å². The number of carbonyl (C=O) groups excluding carboxylic acids is 4. The zero-order chi connectivity index (χ0) is 29.1. The molecule has 2 atom stereocenters. The first-order valence-electron chi connectivity index (χ1n) is 13.4. The van der Waals surface area contributed by atoms with Gasteiger partial charge in [0.05, 0.1) is 6.54 Å². The van der Waals surface area contributed by atoms with Gasteiger partial charge in [0, 0.05) is 44.4 Å². The van der Waals surface area contributed by atoms with Gasteiger partial charge in [-0.05, 0) is 54.4 Å². The fourth-order valence-electron chi connectivity index (χ4n) is 5.07. The quantitative estimate of drug-likeness (QED) is 0.491. The number of carbonyl (C=O) groups is 4. The van der Waals surface area contributed by atoms with Gasteiger partial charge in [-0.25, -0.2) is 9.18 Å². The summed E-state index contributed by atoms with van der Waals surface area (Å²) in [6.07, 6.45) is -1.46. The monoisotopic (exact) mass is 558 g/mol. The van der Waals surface area contributed by atoms with Gasteiger partial charge in [-0.1, -0.05) is 42.0 Å². The van der Waals surface area contributed by atoms with Gasteiger partial charge in [-0.15, -0.1) is 0 Å². The number of benzene rings is 3. The van der Waals surface area contributed by atoms with Crippen molar-refractivity contribution in [2.45, 2.75) is 32.5 Å². The number of cyclic esters (lactones) is 1. The minimum Gasteiger partial charge on any atom is -0.438 e. The Kier molecular flexibility index (Phi) is 8.00. The molecule has 0 saturated carbocycles. The Bertz CT molecular complexity index is 1430. The molecule has 2 fully saturated rings. The van der Waals surface area contributed by atoms with Gasteiger partial charge in [0.15, 0.2) is 12.1 Å². The van der Waals surface area contributed by atoms with Crippen LogP contribution in [0.1, 0.15) is 40.1 Å². The number of nitrogens with zero attached hydrogens (tertiary/aromatic N) is 3. The van der Waals surface area contributed by atoms with Crippen molar-refractivity contribution >= 4 is 29.5 Å². The zero-order valence-corrected chi connectivity index (χ0v) is 22.9. The molecule has 3 aromatic rings. The molecule has 0 spiro atoms. The van der Waals surface area contributed by atoms with Gasteiger partial charge in [0.1, 0.15) is 5.82 Å². The minimum absolute atomic E-state index is 0.0399. The number of rotatable bonds is 6. The first-order valence-corrected chi connectivity index (χ1v) is 13.4. The predicted molar refractivity (Wildman–Crippen MR) is 149 cm³/mol. The number of nitrogens with one attached hydrogen (secondary N) is 1. The summed E-state index contributed by atoms with van der Waals surface area (Å²) >= 11 is 0. The highest BCUT2D eigenvalue weighted by Crippen LogP contribution is 2.35. The lowest BCUT2D eigenvalue weighted by molar-refractivity contribution is -0.142. The van der Waals surface area contributed by atoms with Crippen LogP contribution in [0, 0.1) is 12.7 Å². The summed E-state index contributed by atoms with van der Waals surface area (Å²) in [5.74, 6) is -1.11. The van der Waals surface area contributed by atoms with Crippen molar-refractivity contribution in [1.29, 1.82) is 0 Å². The summed E-state index contributed by atoms with van der Waals surface area (Å²) in [6.45, 7) is 5.26.